The Morgan fingerprint density at radius 3 is 0.820 bits per heavy atom. The summed E-state index contributed by atoms with van der Waals surface area (Å²) in [6.07, 6.45) is 76.7. The molecule has 0 saturated heterocycles. The Morgan fingerprint density at radius 1 is 0.290 bits per heavy atom. The molecule has 17 nitrogen and oxygen atoms in total. The number of unbranched alkanes of at least 4 members (excludes halogenated alkanes) is 32. The number of aliphatic hydroxyl groups excluding tert-OH is 1. The third-order valence-corrected chi connectivity index (χ3v) is 18.4. The molecule has 0 saturated carbocycles. The molecule has 0 fully saturated rings. The van der Waals surface area contributed by atoms with Crippen LogP contribution in [-0.4, -0.2) is 96.7 Å². The van der Waals surface area contributed by atoms with Gasteiger partial charge in [0.05, 0.1) is 26.4 Å². The molecule has 0 amide bonds. The van der Waals surface area contributed by atoms with Crippen LogP contribution in [0.15, 0.2) is 97.2 Å². The van der Waals surface area contributed by atoms with Crippen LogP contribution in [0.1, 0.15) is 336 Å². The van der Waals surface area contributed by atoms with Crippen LogP contribution in [0.4, 0.5) is 0 Å². The number of hydrogen-bond acceptors (Lipinski definition) is 15. The summed E-state index contributed by atoms with van der Waals surface area (Å²) in [6, 6.07) is 0. The van der Waals surface area contributed by atoms with Gasteiger partial charge >= 0.3 is 39.5 Å². The lowest BCUT2D eigenvalue weighted by atomic mass is 10.0. The number of hydrogen-bond donors (Lipinski definition) is 3. The van der Waals surface area contributed by atoms with Gasteiger partial charge in [0.1, 0.15) is 19.3 Å². The second kappa shape index (κ2) is 73.3. The SMILES string of the molecule is CC/C=C\C/C=C\C/C=C\CCCCCCCC(=O)OCC(COP(=O)(O)OCC(O)COP(=O)(O)OCC(COC(=O)CCCCCCC/C=C\C/C=C\CCCCC)OC(=O)CCCCCCCCCCCCCCCCC)OC(=O)CCCCCCC/C=C\C/C=C\C/C=C\CC. The zero-order valence-corrected chi connectivity index (χ0v) is 64.9. The van der Waals surface area contributed by atoms with E-state index in [1.54, 1.807) is 0 Å². The largest absolute Gasteiger partial charge is 0.472 e. The first-order chi connectivity index (χ1) is 48.7. The molecule has 0 rings (SSSR count). The molecular weight excluding hydrogens is 1310 g/mol. The van der Waals surface area contributed by atoms with Crippen LogP contribution in [0, 0.1) is 0 Å². The molecule has 0 bridgehead atoms. The number of esters is 4. The fourth-order valence-corrected chi connectivity index (χ4v) is 12.2. The Morgan fingerprint density at radius 2 is 0.520 bits per heavy atom. The van der Waals surface area contributed by atoms with Crippen LogP contribution in [0.3, 0.4) is 0 Å². The Labute approximate surface area is 607 Å². The van der Waals surface area contributed by atoms with Crippen molar-refractivity contribution >= 4 is 39.5 Å². The average molecular weight is 1450 g/mol. The Kier molecular flexibility index (Phi) is 70.4. The highest BCUT2D eigenvalue weighted by atomic mass is 31.2. The van der Waals surface area contributed by atoms with Gasteiger partial charge < -0.3 is 33.8 Å². The summed E-state index contributed by atoms with van der Waals surface area (Å²) < 4.78 is 68.6. The number of carbonyl (C=O) groups is 4. The molecule has 100 heavy (non-hydrogen) atoms. The Bertz CT molecular complexity index is 2270. The van der Waals surface area contributed by atoms with Gasteiger partial charge in [-0.15, -0.1) is 0 Å². The van der Waals surface area contributed by atoms with Crippen molar-refractivity contribution in [2.45, 2.75) is 354 Å². The van der Waals surface area contributed by atoms with Gasteiger partial charge in [-0.05, 0) is 122 Å². The molecule has 0 radical (unpaired) electrons. The number of carbonyl (C=O) groups excluding carboxylic acids is 4. The highest BCUT2D eigenvalue weighted by molar-refractivity contribution is 7.47. The van der Waals surface area contributed by atoms with Crippen molar-refractivity contribution in [1.29, 1.82) is 0 Å². The summed E-state index contributed by atoms with van der Waals surface area (Å²) in [6.45, 7) is 4.61. The number of phosphoric ester groups is 2. The molecule has 0 aromatic rings. The topological polar surface area (TPSA) is 237 Å². The quantitative estimate of drug-likeness (QED) is 0.0169. The third-order valence-electron chi connectivity index (χ3n) is 16.5. The summed E-state index contributed by atoms with van der Waals surface area (Å²) in [5.74, 6) is -2.21. The van der Waals surface area contributed by atoms with Crippen molar-refractivity contribution < 1.29 is 80.2 Å². The normalized spacial score (nSPS) is 14.4. The fourth-order valence-electron chi connectivity index (χ4n) is 10.6. The lowest BCUT2D eigenvalue weighted by molar-refractivity contribution is -0.161. The van der Waals surface area contributed by atoms with Crippen molar-refractivity contribution in [2.24, 2.45) is 0 Å². The number of ether oxygens (including phenoxy) is 4. The lowest BCUT2D eigenvalue weighted by Gasteiger charge is -2.21. The summed E-state index contributed by atoms with van der Waals surface area (Å²) >= 11 is 0. The standard InChI is InChI=1S/C81H142O17P2/c1-5-9-13-17-21-25-29-33-37-41-45-49-53-57-61-65-78(83)91-71-76(97-80(85)67-63-59-55-51-47-43-39-35-31-27-23-19-15-11-7-3)73-95-99(87,88)93-69-75(82)70-94-100(89,90)96-74-77(98-81(86)68-64-60-56-52-48-44-40-36-32-28-24-20-16-12-8-4)72-92-79(84)66-62-58-54-50-46-42-38-34-30-26-22-18-14-10-6-2/h9,11,13,15,21-23,25-27,33-35,37-39,75-77,82H,5-8,10,12,14,16-20,24,28-32,36,40-74H2,1-4H3,(H,87,88)(H,89,90)/b13-9-,15-11-,25-21-,26-22-,27-23-,37-33-,38-34-,39-35-. The summed E-state index contributed by atoms with van der Waals surface area (Å²) in [5, 5.41) is 10.6. The maximum absolute atomic E-state index is 13.1. The van der Waals surface area contributed by atoms with Gasteiger partial charge in [-0.2, -0.15) is 0 Å². The van der Waals surface area contributed by atoms with E-state index in [1.165, 1.54) is 83.5 Å². The van der Waals surface area contributed by atoms with Gasteiger partial charge in [0.25, 0.3) is 0 Å². The smallest absolute Gasteiger partial charge is 0.462 e. The zero-order valence-electron chi connectivity index (χ0n) is 63.1. The van der Waals surface area contributed by atoms with Crippen molar-refractivity contribution in [1.82, 2.24) is 0 Å². The van der Waals surface area contributed by atoms with Crippen molar-refractivity contribution in [3.05, 3.63) is 97.2 Å². The summed E-state index contributed by atoms with van der Waals surface area (Å²) in [5.41, 5.74) is 0. The number of phosphoric acid groups is 2. The van der Waals surface area contributed by atoms with E-state index in [2.05, 4.69) is 125 Å². The molecule has 0 aromatic carbocycles. The first-order valence-corrected chi connectivity index (χ1v) is 42.5. The number of allylic oxidation sites excluding steroid dienone is 16. The molecule has 578 valence electrons. The summed E-state index contributed by atoms with van der Waals surface area (Å²) in [7, 11) is -9.96. The first-order valence-electron chi connectivity index (χ1n) is 39.5. The van der Waals surface area contributed by atoms with E-state index in [0.29, 0.717) is 25.7 Å². The van der Waals surface area contributed by atoms with Crippen LogP contribution in [-0.2, 0) is 65.4 Å². The molecule has 0 aliphatic heterocycles. The Balaban J connectivity index is 5.37. The number of rotatable bonds is 74. The monoisotopic (exact) mass is 1450 g/mol. The van der Waals surface area contributed by atoms with Crippen molar-refractivity contribution in [3.63, 3.8) is 0 Å². The van der Waals surface area contributed by atoms with Crippen LogP contribution in [0.2, 0.25) is 0 Å². The van der Waals surface area contributed by atoms with E-state index in [9.17, 15) is 43.2 Å². The van der Waals surface area contributed by atoms with Gasteiger partial charge in [0.15, 0.2) is 12.2 Å². The van der Waals surface area contributed by atoms with Crippen LogP contribution >= 0.6 is 15.6 Å². The molecule has 5 atom stereocenters. The molecule has 0 spiro atoms. The summed E-state index contributed by atoms with van der Waals surface area (Å²) in [4.78, 5) is 73.0. The van der Waals surface area contributed by atoms with Gasteiger partial charge in [-0.25, -0.2) is 9.13 Å². The predicted octanol–water partition coefficient (Wildman–Crippen LogP) is 22.8. The minimum Gasteiger partial charge on any atom is -0.462 e. The van der Waals surface area contributed by atoms with Crippen molar-refractivity contribution in [3.8, 4) is 0 Å². The van der Waals surface area contributed by atoms with Crippen molar-refractivity contribution in [2.75, 3.05) is 39.6 Å². The average Bonchev–Trinajstić information content (AvgIpc) is 1.01. The first kappa shape index (κ1) is 96.0. The molecule has 0 aliphatic carbocycles. The second-order valence-electron chi connectivity index (χ2n) is 26.2. The van der Waals surface area contributed by atoms with Crippen LogP contribution in [0.25, 0.3) is 0 Å². The maximum atomic E-state index is 13.1. The highest BCUT2D eigenvalue weighted by Crippen LogP contribution is 2.45. The van der Waals surface area contributed by atoms with Gasteiger partial charge in [0, 0.05) is 25.7 Å². The van der Waals surface area contributed by atoms with Gasteiger partial charge in [-0.1, -0.05) is 285 Å². The van der Waals surface area contributed by atoms with E-state index in [0.717, 1.165) is 173 Å². The fraction of sp³-hybridized carbons (Fsp3) is 0.753. The predicted molar refractivity (Wildman–Crippen MR) is 409 cm³/mol. The second-order valence-corrected chi connectivity index (χ2v) is 29.2. The van der Waals surface area contributed by atoms with Gasteiger partial charge in [-0.3, -0.25) is 37.3 Å². The van der Waals surface area contributed by atoms with E-state index in [4.69, 9.17) is 37.0 Å². The lowest BCUT2D eigenvalue weighted by Crippen LogP contribution is -2.30. The molecule has 19 heteroatoms. The van der Waals surface area contributed by atoms with E-state index in [-0.39, 0.29) is 25.7 Å². The third kappa shape index (κ3) is 72.3. The van der Waals surface area contributed by atoms with E-state index < -0.39 is 97.5 Å². The molecular formula is C81H142O17P2. The minimum absolute atomic E-state index is 0.0713. The highest BCUT2D eigenvalue weighted by Gasteiger charge is 2.30. The maximum Gasteiger partial charge on any atom is 0.472 e. The van der Waals surface area contributed by atoms with E-state index >= 15 is 0 Å². The zero-order chi connectivity index (χ0) is 73.2. The molecule has 0 heterocycles. The number of aliphatic hydroxyl groups is 1. The van der Waals surface area contributed by atoms with E-state index in [1.807, 2.05) is 0 Å². The minimum atomic E-state index is -4.98. The molecule has 0 aliphatic rings. The van der Waals surface area contributed by atoms with Crippen LogP contribution < -0.4 is 0 Å². The molecule has 3 N–H and O–H groups in total. The molecule has 0 aromatic heterocycles. The van der Waals surface area contributed by atoms with Gasteiger partial charge in [0.2, 0.25) is 0 Å². The van der Waals surface area contributed by atoms with Crippen LogP contribution in [0.5, 0.6) is 0 Å². The molecule has 5 unspecified atom stereocenters. The Hall–Kier alpha value is -4.02.